The van der Waals surface area contributed by atoms with Crippen LogP contribution in [-0.2, 0) is 4.74 Å². The van der Waals surface area contributed by atoms with Crippen LogP contribution in [0.5, 0.6) is 0 Å². The molecule has 0 saturated carbocycles. The predicted molar refractivity (Wildman–Crippen MR) is 66.1 cm³/mol. The lowest BCUT2D eigenvalue weighted by atomic mass is 10.2. The fourth-order valence-electron chi connectivity index (χ4n) is 1.18. The van der Waals surface area contributed by atoms with Crippen molar-refractivity contribution in [1.29, 1.82) is 0 Å². The van der Waals surface area contributed by atoms with Crippen LogP contribution >= 0.6 is 11.8 Å². The molecule has 0 saturated heterocycles. The van der Waals surface area contributed by atoms with Crippen molar-refractivity contribution >= 4 is 11.8 Å². The number of thioether (sulfide) groups is 1. The molecule has 0 aliphatic carbocycles. The molecule has 86 valence electrons. The number of nitrogens with one attached hydrogen (secondary N) is 1. The molecule has 0 aliphatic rings. The van der Waals surface area contributed by atoms with E-state index in [0.29, 0.717) is 12.0 Å². The number of hydrogen-bond donors (Lipinski definition) is 1. The van der Waals surface area contributed by atoms with E-state index < -0.39 is 0 Å². The van der Waals surface area contributed by atoms with Crippen LogP contribution in [0.25, 0.3) is 0 Å². The molecular weight excluding hydrogens is 194 g/mol. The molecule has 0 heterocycles. The average Bonchev–Trinajstić information content (AvgIpc) is 2.15. The first kappa shape index (κ1) is 14.3. The zero-order valence-electron chi connectivity index (χ0n) is 10.0. The Labute approximate surface area is 93.2 Å². The Morgan fingerprint density at radius 2 is 2.07 bits per heavy atom. The number of rotatable bonds is 9. The molecular formula is C11H25NOS. The third kappa shape index (κ3) is 8.85. The number of hydrogen-bond acceptors (Lipinski definition) is 3. The van der Waals surface area contributed by atoms with Gasteiger partial charge >= 0.3 is 0 Å². The van der Waals surface area contributed by atoms with E-state index in [4.69, 9.17) is 4.74 Å². The summed E-state index contributed by atoms with van der Waals surface area (Å²) < 4.78 is 5.50. The summed E-state index contributed by atoms with van der Waals surface area (Å²) in [6.45, 7) is 9.27. The Kier molecular flexibility index (Phi) is 10.0. The van der Waals surface area contributed by atoms with Gasteiger partial charge in [-0.1, -0.05) is 20.8 Å². The largest absolute Gasteiger partial charge is 0.380 e. The lowest BCUT2D eigenvalue weighted by molar-refractivity contribution is 0.110. The van der Waals surface area contributed by atoms with Gasteiger partial charge in [0.2, 0.25) is 0 Å². The van der Waals surface area contributed by atoms with Crippen molar-refractivity contribution in [2.75, 3.05) is 31.8 Å². The van der Waals surface area contributed by atoms with Gasteiger partial charge in [0, 0.05) is 24.9 Å². The molecule has 1 atom stereocenters. The first-order chi connectivity index (χ1) is 6.70. The van der Waals surface area contributed by atoms with Gasteiger partial charge in [-0.3, -0.25) is 0 Å². The van der Waals surface area contributed by atoms with Gasteiger partial charge in [0.1, 0.15) is 0 Å². The molecule has 0 aromatic heterocycles. The van der Waals surface area contributed by atoms with Gasteiger partial charge in [-0.15, -0.1) is 0 Å². The molecule has 0 radical (unpaired) electrons. The molecule has 1 N–H and O–H groups in total. The fraction of sp³-hybridized carbons (Fsp3) is 1.00. The van der Waals surface area contributed by atoms with Gasteiger partial charge in [0.05, 0.1) is 6.61 Å². The van der Waals surface area contributed by atoms with Crippen LogP contribution < -0.4 is 5.32 Å². The van der Waals surface area contributed by atoms with Gasteiger partial charge in [-0.2, -0.15) is 11.8 Å². The van der Waals surface area contributed by atoms with Gasteiger partial charge in [0.25, 0.3) is 0 Å². The zero-order valence-corrected chi connectivity index (χ0v) is 10.8. The van der Waals surface area contributed by atoms with Gasteiger partial charge in [-0.05, 0) is 18.6 Å². The van der Waals surface area contributed by atoms with Crippen molar-refractivity contribution in [1.82, 2.24) is 5.32 Å². The van der Waals surface area contributed by atoms with Crippen molar-refractivity contribution in [3.63, 3.8) is 0 Å². The highest BCUT2D eigenvalue weighted by Gasteiger charge is 2.03. The molecule has 2 nitrogen and oxygen atoms in total. The maximum Gasteiger partial charge on any atom is 0.0591 e. The van der Waals surface area contributed by atoms with Gasteiger partial charge in [-0.25, -0.2) is 0 Å². The maximum atomic E-state index is 5.50. The topological polar surface area (TPSA) is 21.3 Å². The molecule has 0 amide bonds. The normalized spacial score (nSPS) is 13.5. The molecule has 1 unspecified atom stereocenters. The van der Waals surface area contributed by atoms with E-state index in [9.17, 15) is 0 Å². The summed E-state index contributed by atoms with van der Waals surface area (Å²) in [5, 5.41) is 3.50. The van der Waals surface area contributed by atoms with Crippen molar-refractivity contribution in [3.05, 3.63) is 0 Å². The van der Waals surface area contributed by atoms with Crippen LogP contribution in [0.3, 0.4) is 0 Å². The van der Waals surface area contributed by atoms with Crippen molar-refractivity contribution in [3.8, 4) is 0 Å². The lowest BCUT2D eigenvalue weighted by Gasteiger charge is -2.15. The average molecular weight is 219 g/mol. The molecule has 0 aromatic rings. The van der Waals surface area contributed by atoms with E-state index in [1.165, 1.54) is 12.2 Å². The monoisotopic (exact) mass is 219 g/mol. The van der Waals surface area contributed by atoms with E-state index in [2.05, 4.69) is 32.3 Å². The fourth-order valence-corrected chi connectivity index (χ4v) is 1.93. The predicted octanol–water partition coefficient (Wildman–Crippen LogP) is 2.39. The van der Waals surface area contributed by atoms with Crippen molar-refractivity contribution < 1.29 is 4.74 Å². The van der Waals surface area contributed by atoms with Crippen LogP contribution in [-0.4, -0.2) is 37.8 Å². The summed E-state index contributed by atoms with van der Waals surface area (Å²) in [4.78, 5) is 0. The molecule has 0 rings (SSSR count). The quantitative estimate of drug-likeness (QED) is 0.602. The van der Waals surface area contributed by atoms with Gasteiger partial charge < -0.3 is 10.1 Å². The smallest absolute Gasteiger partial charge is 0.0591 e. The summed E-state index contributed by atoms with van der Waals surface area (Å²) in [6, 6.07) is 0.646. The summed E-state index contributed by atoms with van der Waals surface area (Å²) >= 11 is 1.90. The van der Waals surface area contributed by atoms with Crippen LogP contribution in [0.15, 0.2) is 0 Å². The molecule has 0 aromatic carbocycles. The summed E-state index contributed by atoms with van der Waals surface area (Å²) in [5.41, 5.74) is 0. The third-order valence-corrected chi connectivity index (χ3v) is 2.73. The van der Waals surface area contributed by atoms with Crippen LogP contribution in [0.2, 0.25) is 0 Å². The van der Waals surface area contributed by atoms with Crippen molar-refractivity contribution in [2.45, 2.75) is 33.2 Å². The Morgan fingerprint density at radius 3 is 2.57 bits per heavy atom. The molecule has 0 fully saturated rings. The second-order valence-electron chi connectivity index (χ2n) is 3.98. The summed E-state index contributed by atoms with van der Waals surface area (Å²) in [7, 11) is 0. The standard InChI is InChI=1S/C11H25NOS/c1-5-11(9-14-4)12-6-7-13-8-10(2)3/h10-12H,5-9H2,1-4H3. The second kappa shape index (κ2) is 9.81. The Balaban J connectivity index is 3.24. The van der Waals surface area contributed by atoms with E-state index in [1.807, 2.05) is 11.8 Å². The molecule has 0 aliphatic heterocycles. The molecule has 0 spiro atoms. The minimum absolute atomic E-state index is 0.642. The molecule has 14 heavy (non-hydrogen) atoms. The first-order valence-corrected chi connectivity index (χ1v) is 6.90. The van der Waals surface area contributed by atoms with Crippen LogP contribution in [0.1, 0.15) is 27.2 Å². The highest BCUT2D eigenvalue weighted by molar-refractivity contribution is 7.98. The Morgan fingerprint density at radius 1 is 1.36 bits per heavy atom. The molecule has 3 heteroatoms. The summed E-state index contributed by atoms with van der Waals surface area (Å²) in [5.74, 6) is 1.84. The summed E-state index contributed by atoms with van der Waals surface area (Å²) in [6.07, 6.45) is 3.35. The van der Waals surface area contributed by atoms with Crippen molar-refractivity contribution in [2.24, 2.45) is 5.92 Å². The van der Waals surface area contributed by atoms with Crippen LogP contribution in [0, 0.1) is 5.92 Å². The highest BCUT2D eigenvalue weighted by atomic mass is 32.2. The van der Waals surface area contributed by atoms with E-state index in [0.717, 1.165) is 19.8 Å². The van der Waals surface area contributed by atoms with E-state index in [1.54, 1.807) is 0 Å². The van der Waals surface area contributed by atoms with Crippen LogP contribution in [0.4, 0.5) is 0 Å². The highest BCUT2D eigenvalue weighted by Crippen LogP contribution is 2.00. The maximum absolute atomic E-state index is 5.50. The van der Waals surface area contributed by atoms with Gasteiger partial charge in [0.15, 0.2) is 0 Å². The SMILES string of the molecule is CCC(CSC)NCCOCC(C)C. The third-order valence-electron chi connectivity index (χ3n) is 1.99. The van der Waals surface area contributed by atoms with E-state index >= 15 is 0 Å². The minimum Gasteiger partial charge on any atom is -0.380 e. The second-order valence-corrected chi connectivity index (χ2v) is 4.89. The Hall–Kier alpha value is 0.270. The first-order valence-electron chi connectivity index (χ1n) is 5.50. The minimum atomic E-state index is 0.642. The zero-order chi connectivity index (χ0) is 10.8. The number of ether oxygens (including phenoxy) is 1. The van der Waals surface area contributed by atoms with E-state index in [-0.39, 0.29) is 0 Å². The lowest BCUT2D eigenvalue weighted by Crippen LogP contribution is -2.33. The Bertz CT molecular complexity index is 120. The molecule has 0 bridgehead atoms.